The topological polar surface area (TPSA) is 121 Å². The molecular weight excluding hydrogens is 192 g/mol. The minimum atomic E-state index is -1.44. The fraction of sp³-hybridized carbons (Fsp3) is 0.333. The third kappa shape index (κ3) is 88.0. The van der Waals surface area contributed by atoms with Crippen molar-refractivity contribution in [3.63, 3.8) is 0 Å². The van der Waals surface area contributed by atoms with Gasteiger partial charge in [0.25, 0.3) is 0 Å². The number of hydrogen-bond donors (Lipinski definition) is 2. The van der Waals surface area contributed by atoms with E-state index in [1.807, 2.05) is 0 Å². The Hall–Kier alpha value is -0.634. The Morgan fingerprint density at radius 1 is 1.00 bits per heavy atom. The number of aliphatic hydroxyl groups excluding tert-OH is 2. The minimum Gasteiger partial charge on any atom is -0.548 e. The molecule has 0 aromatic rings. The predicted octanol–water partition coefficient (Wildman–Crippen LogP) is -4.12. The summed E-state index contributed by atoms with van der Waals surface area (Å²) >= 11 is 0. The summed E-state index contributed by atoms with van der Waals surface area (Å²) in [5.41, 5.74) is 0. The molecule has 0 aromatic carbocycles. The molecule has 0 saturated heterocycles. The first-order chi connectivity index (χ1) is 5.54. The van der Waals surface area contributed by atoms with Gasteiger partial charge in [0.1, 0.15) is 0 Å². The van der Waals surface area contributed by atoms with E-state index in [2.05, 4.69) is 13.2 Å². The quantitative estimate of drug-likeness (QED) is 0.347. The number of rotatable bonds is 2. The molecular formula is C6H10MgO6. The summed E-state index contributed by atoms with van der Waals surface area (Å²) in [6, 6.07) is 0. The van der Waals surface area contributed by atoms with Gasteiger partial charge in [0.2, 0.25) is 0 Å². The zero-order chi connectivity index (χ0) is 10.6. The van der Waals surface area contributed by atoms with E-state index in [-0.39, 0.29) is 23.1 Å². The summed E-state index contributed by atoms with van der Waals surface area (Å²) in [6.45, 7) is 4.22. The number of carbonyl (C=O) groups excluding carboxylic acids is 2. The van der Waals surface area contributed by atoms with E-state index in [4.69, 9.17) is 30.0 Å². The first-order valence-corrected chi connectivity index (χ1v) is 2.66. The van der Waals surface area contributed by atoms with Gasteiger partial charge in [-0.25, -0.2) is 0 Å². The van der Waals surface area contributed by atoms with Crippen molar-refractivity contribution in [3.05, 3.63) is 13.2 Å². The van der Waals surface area contributed by atoms with Crippen molar-refractivity contribution in [3.8, 4) is 0 Å². The number of aliphatic carboxylic acids is 2. The zero-order valence-electron chi connectivity index (χ0n) is 7.06. The largest absolute Gasteiger partial charge is 2.00 e. The molecule has 0 aliphatic rings. The second kappa shape index (κ2) is 22.5. The predicted molar refractivity (Wildman–Crippen MR) is 41.2 cm³/mol. The smallest absolute Gasteiger partial charge is 0.548 e. The third-order valence-electron chi connectivity index (χ3n) is 0.258. The van der Waals surface area contributed by atoms with Gasteiger partial charge in [0, 0.05) is 0 Å². The molecule has 7 heteroatoms. The van der Waals surface area contributed by atoms with Crippen molar-refractivity contribution < 1.29 is 30.0 Å². The summed E-state index contributed by atoms with van der Waals surface area (Å²) in [6.07, 6.45) is 0. The number of carboxylic acids is 2. The van der Waals surface area contributed by atoms with E-state index in [0.717, 1.165) is 0 Å². The van der Waals surface area contributed by atoms with E-state index in [0.29, 0.717) is 0 Å². The van der Waals surface area contributed by atoms with Crippen LogP contribution >= 0.6 is 0 Å². The Kier molecular flexibility index (Phi) is 39.5. The van der Waals surface area contributed by atoms with Gasteiger partial charge < -0.3 is 30.0 Å². The molecule has 0 saturated carbocycles. The molecule has 0 amide bonds. The van der Waals surface area contributed by atoms with E-state index in [1.54, 1.807) is 0 Å². The van der Waals surface area contributed by atoms with Crippen LogP contribution in [0.4, 0.5) is 0 Å². The molecule has 0 unspecified atom stereocenters. The van der Waals surface area contributed by atoms with Gasteiger partial charge in [-0.15, -0.1) is 13.2 Å². The Morgan fingerprint density at radius 2 is 1.08 bits per heavy atom. The SMILES string of the molecule is C=C.O=C([O-])CO.O=C([O-])CO.[Mg+2]. The van der Waals surface area contributed by atoms with Gasteiger partial charge in [-0.1, -0.05) is 0 Å². The van der Waals surface area contributed by atoms with Crippen molar-refractivity contribution in [2.45, 2.75) is 0 Å². The summed E-state index contributed by atoms with van der Waals surface area (Å²) in [5, 5.41) is 33.0. The minimum absolute atomic E-state index is 0. The fourth-order valence-electron chi connectivity index (χ4n) is 0. The van der Waals surface area contributed by atoms with Crippen molar-refractivity contribution in [1.82, 2.24) is 0 Å². The first-order valence-electron chi connectivity index (χ1n) is 2.66. The molecule has 0 bridgehead atoms. The van der Waals surface area contributed by atoms with Crippen LogP contribution in [0.25, 0.3) is 0 Å². The first kappa shape index (κ1) is 22.8. The van der Waals surface area contributed by atoms with Gasteiger partial charge in [0.05, 0.1) is 25.2 Å². The van der Waals surface area contributed by atoms with E-state index in [9.17, 15) is 0 Å². The molecule has 72 valence electrons. The molecule has 0 rings (SSSR count). The van der Waals surface area contributed by atoms with Gasteiger partial charge >= 0.3 is 23.1 Å². The number of carboxylic acid groups (broad SMARTS) is 2. The van der Waals surface area contributed by atoms with E-state index in [1.165, 1.54) is 0 Å². The Bertz CT molecular complexity index is 112. The van der Waals surface area contributed by atoms with Crippen molar-refractivity contribution in [1.29, 1.82) is 0 Å². The normalized spacial score (nSPS) is 6.00. The Labute approximate surface area is 91.7 Å². The van der Waals surface area contributed by atoms with Gasteiger partial charge in [-0.3, -0.25) is 0 Å². The maximum Gasteiger partial charge on any atom is 2.00 e. The molecule has 2 N–H and O–H groups in total. The van der Waals surface area contributed by atoms with Crippen LogP contribution in [0, 0.1) is 0 Å². The van der Waals surface area contributed by atoms with Crippen LogP contribution in [0.15, 0.2) is 13.2 Å². The molecule has 0 aliphatic carbocycles. The van der Waals surface area contributed by atoms with Crippen LogP contribution in [-0.4, -0.2) is 58.4 Å². The maximum absolute atomic E-state index is 9.01. The van der Waals surface area contributed by atoms with Crippen molar-refractivity contribution in [2.75, 3.05) is 13.2 Å². The molecule has 0 aliphatic heterocycles. The van der Waals surface area contributed by atoms with Crippen LogP contribution in [0.1, 0.15) is 0 Å². The number of hydrogen-bond acceptors (Lipinski definition) is 6. The molecule has 0 fully saturated rings. The molecule has 0 radical (unpaired) electrons. The summed E-state index contributed by atoms with van der Waals surface area (Å²) < 4.78 is 0. The fourth-order valence-corrected chi connectivity index (χ4v) is 0. The molecule has 0 aromatic heterocycles. The van der Waals surface area contributed by atoms with Gasteiger partial charge in [-0.05, 0) is 0 Å². The van der Waals surface area contributed by atoms with Crippen LogP contribution in [0.5, 0.6) is 0 Å². The van der Waals surface area contributed by atoms with Crippen LogP contribution in [0.2, 0.25) is 0 Å². The average Bonchev–Trinajstić information content (AvgIpc) is 2.09. The standard InChI is InChI=1S/2C2H4O3.C2H4.Mg/c2*3-1-2(4)5;1-2;/h2*3H,1H2,(H,4,5);1-2H2;/q;;;+2/p-2. The molecule has 13 heavy (non-hydrogen) atoms. The average molecular weight is 202 g/mol. The molecule has 0 heterocycles. The van der Waals surface area contributed by atoms with E-state index >= 15 is 0 Å². The monoisotopic (exact) mass is 202 g/mol. The zero-order valence-corrected chi connectivity index (χ0v) is 8.48. The Morgan fingerprint density at radius 3 is 1.08 bits per heavy atom. The van der Waals surface area contributed by atoms with Gasteiger partial charge in [-0.2, -0.15) is 0 Å². The number of carbonyl (C=O) groups is 2. The van der Waals surface area contributed by atoms with Gasteiger partial charge in [0.15, 0.2) is 0 Å². The van der Waals surface area contributed by atoms with Crippen LogP contribution < -0.4 is 10.2 Å². The number of aliphatic hydroxyl groups is 2. The summed E-state index contributed by atoms with van der Waals surface area (Å²) in [4.78, 5) is 18.0. The molecule has 0 atom stereocenters. The molecule has 0 spiro atoms. The van der Waals surface area contributed by atoms with Crippen molar-refractivity contribution in [2.24, 2.45) is 0 Å². The molecule has 6 nitrogen and oxygen atoms in total. The Balaban J connectivity index is -0.0000000491. The van der Waals surface area contributed by atoms with E-state index < -0.39 is 25.2 Å². The van der Waals surface area contributed by atoms with Crippen molar-refractivity contribution >= 4 is 35.0 Å². The third-order valence-corrected chi connectivity index (χ3v) is 0.258. The van der Waals surface area contributed by atoms with Crippen LogP contribution in [0.3, 0.4) is 0 Å². The maximum atomic E-state index is 9.01. The second-order valence-electron chi connectivity index (χ2n) is 1.06. The summed E-state index contributed by atoms with van der Waals surface area (Å²) in [7, 11) is 0. The summed E-state index contributed by atoms with van der Waals surface area (Å²) in [5.74, 6) is -2.88. The van der Waals surface area contributed by atoms with Crippen LogP contribution in [-0.2, 0) is 9.59 Å². The second-order valence-corrected chi connectivity index (χ2v) is 1.06.